The molecule has 2 bridgehead atoms. The minimum Gasteiger partial charge on any atom is -0.497 e. The summed E-state index contributed by atoms with van der Waals surface area (Å²) >= 11 is 0. The van der Waals surface area contributed by atoms with Gasteiger partial charge in [0.2, 0.25) is 0 Å². The van der Waals surface area contributed by atoms with Crippen molar-refractivity contribution in [3.05, 3.63) is 61.1 Å². The first-order valence-corrected chi connectivity index (χ1v) is 9.48. The second-order valence-corrected chi connectivity index (χ2v) is 7.84. The number of hydrogen-bond donors (Lipinski definition) is 2. The van der Waals surface area contributed by atoms with E-state index in [4.69, 9.17) is 4.74 Å². The molecule has 4 heterocycles. The van der Waals surface area contributed by atoms with Gasteiger partial charge in [0.15, 0.2) is 0 Å². The molecule has 0 amide bonds. The van der Waals surface area contributed by atoms with Crippen molar-refractivity contribution in [3.63, 3.8) is 0 Å². The molecule has 0 radical (unpaired) electrons. The SMILES string of the molecule is C=C[C@H]1C[N@+]2(C(=C)O)CC[C@H]1C[C@@H]2[C@@H](O)c1ccnc2ccc(OC)cc12. The van der Waals surface area contributed by atoms with Gasteiger partial charge in [0.1, 0.15) is 17.9 Å². The fourth-order valence-corrected chi connectivity index (χ4v) is 5.16. The molecule has 0 unspecified atom stereocenters. The first-order valence-electron chi connectivity index (χ1n) is 9.48. The van der Waals surface area contributed by atoms with Crippen LogP contribution < -0.4 is 4.74 Å². The molecule has 3 aliphatic rings. The molecular formula is C22H27N2O3+. The summed E-state index contributed by atoms with van der Waals surface area (Å²) in [6.45, 7) is 9.41. The normalized spacial score (nSPS) is 30.8. The van der Waals surface area contributed by atoms with Gasteiger partial charge in [-0.15, -0.1) is 6.58 Å². The van der Waals surface area contributed by atoms with Crippen LogP contribution in [-0.2, 0) is 0 Å². The lowest BCUT2D eigenvalue weighted by molar-refractivity contribution is -0.952. The number of methoxy groups -OCH3 is 1. The summed E-state index contributed by atoms with van der Waals surface area (Å²) in [6, 6.07) is 7.44. The number of aliphatic hydroxyl groups excluding tert-OH is 2. The maximum absolute atomic E-state index is 11.4. The lowest BCUT2D eigenvalue weighted by atomic mass is 9.71. The fraction of sp³-hybridized carbons (Fsp3) is 0.409. The van der Waals surface area contributed by atoms with Crippen molar-refractivity contribution >= 4 is 10.9 Å². The van der Waals surface area contributed by atoms with Gasteiger partial charge in [0.25, 0.3) is 5.88 Å². The van der Waals surface area contributed by atoms with Crippen LogP contribution in [0.1, 0.15) is 24.5 Å². The zero-order valence-electron chi connectivity index (χ0n) is 15.7. The molecule has 5 nitrogen and oxygen atoms in total. The third-order valence-corrected chi connectivity index (χ3v) is 6.70. The van der Waals surface area contributed by atoms with E-state index in [9.17, 15) is 10.2 Å². The molecular weight excluding hydrogens is 340 g/mol. The van der Waals surface area contributed by atoms with E-state index in [0.29, 0.717) is 16.3 Å². The Hall–Kier alpha value is -2.37. The summed E-state index contributed by atoms with van der Waals surface area (Å²) in [4.78, 5) is 4.42. The van der Waals surface area contributed by atoms with Crippen molar-refractivity contribution in [2.75, 3.05) is 20.2 Å². The number of piperidine rings is 3. The Labute approximate surface area is 159 Å². The van der Waals surface area contributed by atoms with Crippen molar-refractivity contribution in [2.24, 2.45) is 11.8 Å². The van der Waals surface area contributed by atoms with E-state index in [1.165, 1.54) is 0 Å². The molecule has 3 fully saturated rings. The van der Waals surface area contributed by atoms with Crippen LogP contribution >= 0.6 is 0 Å². The average molecular weight is 367 g/mol. The van der Waals surface area contributed by atoms with Crippen LogP contribution in [0.2, 0.25) is 0 Å². The molecule has 0 aliphatic carbocycles. The van der Waals surface area contributed by atoms with Gasteiger partial charge in [-0.3, -0.25) is 9.47 Å². The largest absolute Gasteiger partial charge is 0.497 e. The Morgan fingerprint density at radius 3 is 2.93 bits per heavy atom. The molecule has 1 aromatic heterocycles. The molecule has 2 aromatic rings. The standard InChI is InChI=1S/C22H26N2O3/c1-4-15-13-24(14(2)25)10-8-16(15)11-21(24)22(26)18-7-9-23-20-6-5-17(27-3)12-19(18)20/h4-7,9,12,15-16,21-22,26H,1-2,8,10-11,13H2,3H3/p+1/t15-,16-,21+,22-,24-/m0/s1. The molecule has 3 saturated heterocycles. The minimum atomic E-state index is -0.722. The molecule has 5 rings (SSSR count). The second kappa shape index (κ2) is 6.66. The quantitative estimate of drug-likeness (QED) is 0.480. The van der Waals surface area contributed by atoms with Crippen LogP contribution in [0.5, 0.6) is 5.75 Å². The van der Waals surface area contributed by atoms with Crippen LogP contribution in [0.3, 0.4) is 0 Å². The lowest BCUT2D eigenvalue weighted by Gasteiger charge is -2.56. The Bertz CT molecular complexity index is 896. The predicted molar refractivity (Wildman–Crippen MR) is 105 cm³/mol. The summed E-state index contributed by atoms with van der Waals surface area (Å²) in [5, 5.41) is 22.9. The highest BCUT2D eigenvalue weighted by Crippen LogP contribution is 2.48. The first-order chi connectivity index (χ1) is 13.0. The van der Waals surface area contributed by atoms with Crippen LogP contribution in [0.4, 0.5) is 0 Å². The summed E-state index contributed by atoms with van der Waals surface area (Å²) in [5.74, 6) is 1.71. The number of aromatic nitrogens is 1. The highest BCUT2D eigenvalue weighted by atomic mass is 16.5. The molecule has 0 saturated carbocycles. The summed E-state index contributed by atoms with van der Waals surface area (Å²) in [7, 11) is 1.63. The van der Waals surface area contributed by atoms with E-state index in [2.05, 4.69) is 18.1 Å². The van der Waals surface area contributed by atoms with Crippen molar-refractivity contribution in [3.8, 4) is 5.75 Å². The monoisotopic (exact) mass is 367 g/mol. The van der Waals surface area contributed by atoms with Gasteiger partial charge in [0, 0.05) is 36.9 Å². The van der Waals surface area contributed by atoms with Gasteiger partial charge < -0.3 is 14.9 Å². The molecule has 5 heteroatoms. The number of quaternary nitrogens is 1. The highest BCUT2D eigenvalue weighted by molar-refractivity contribution is 5.83. The zero-order chi connectivity index (χ0) is 19.2. The lowest BCUT2D eigenvalue weighted by Crippen LogP contribution is -2.67. The van der Waals surface area contributed by atoms with Gasteiger partial charge in [0.05, 0.1) is 25.7 Å². The molecule has 1 aromatic carbocycles. The number of hydrogen-bond acceptors (Lipinski definition) is 4. The molecule has 5 atom stereocenters. The minimum absolute atomic E-state index is 0.130. The number of fused-ring (bicyclic) bond motifs is 4. The van der Waals surface area contributed by atoms with Crippen molar-refractivity contribution in [1.29, 1.82) is 0 Å². The number of benzene rings is 1. The second-order valence-electron chi connectivity index (χ2n) is 7.84. The summed E-state index contributed by atoms with van der Waals surface area (Å²) < 4.78 is 5.71. The van der Waals surface area contributed by atoms with Crippen molar-refractivity contribution in [2.45, 2.75) is 25.0 Å². The van der Waals surface area contributed by atoms with Crippen LogP contribution in [0.15, 0.2) is 55.6 Å². The maximum Gasteiger partial charge on any atom is 0.281 e. The summed E-state index contributed by atoms with van der Waals surface area (Å²) in [6.07, 6.45) is 4.86. The van der Waals surface area contributed by atoms with E-state index in [0.717, 1.165) is 48.1 Å². The van der Waals surface area contributed by atoms with Gasteiger partial charge in [-0.1, -0.05) is 6.08 Å². The van der Waals surface area contributed by atoms with Gasteiger partial charge in [-0.2, -0.15) is 0 Å². The van der Waals surface area contributed by atoms with Crippen LogP contribution in [-0.4, -0.2) is 45.9 Å². The van der Waals surface area contributed by atoms with Crippen molar-refractivity contribution in [1.82, 2.24) is 4.98 Å². The third kappa shape index (κ3) is 2.73. The molecule has 142 valence electrons. The number of pyridine rings is 1. The van der Waals surface area contributed by atoms with Gasteiger partial charge in [-0.25, -0.2) is 0 Å². The van der Waals surface area contributed by atoms with Gasteiger partial charge in [-0.05, 0) is 35.7 Å². The van der Waals surface area contributed by atoms with Crippen LogP contribution in [0, 0.1) is 11.8 Å². The number of rotatable bonds is 5. The maximum atomic E-state index is 11.4. The molecule has 3 aliphatic heterocycles. The average Bonchev–Trinajstić information content (AvgIpc) is 2.72. The Morgan fingerprint density at radius 2 is 2.22 bits per heavy atom. The topological polar surface area (TPSA) is 62.6 Å². The van der Waals surface area contributed by atoms with E-state index < -0.39 is 6.10 Å². The predicted octanol–water partition coefficient (Wildman–Crippen LogP) is 3.72. The molecule has 27 heavy (non-hydrogen) atoms. The summed E-state index contributed by atoms with van der Waals surface area (Å²) in [5.41, 5.74) is 1.65. The van der Waals surface area contributed by atoms with E-state index in [-0.39, 0.29) is 11.9 Å². The molecule has 0 spiro atoms. The number of nitrogens with zero attached hydrogens (tertiary/aromatic N) is 2. The van der Waals surface area contributed by atoms with Crippen LogP contribution in [0.25, 0.3) is 10.9 Å². The van der Waals surface area contributed by atoms with E-state index >= 15 is 0 Å². The fourth-order valence-electron chi connectivity index (χ4n) is 5.16. The number of aliphatic hydroxyl groups is 2. The van der Waals surface area contributed by atoms with E-state index in [1.807, 2.05) is 30.3 Å². The first kappa shape index (κ1) is 18.0. The molecule has 2 N–H and O–H groups in total. The third-order valence-electron chi connectivity index (χ3n) is 6.70. The Balaban J connectivity index is 1.78. The Kier molecular flexibility index (Phi) is 4.44. The highest BCUT2D eigenvalue weighted by Gasteiger charge is 2.56. The Morgan fingerprint density at radius 1 is 1.41 bits per heavy atom. The van der Waals surface area contributed by atoms with E-state index in [1.54, 1.807) is 13.3 Å². The van der Waals surface area contributed by atoms with Crippen molar-refractivity contribution < 1.29 is 19.4 Å². The number of ether oxygens (including phenoxy) is 1. The van der Waals surface area contributed by atoms with Gasteiger partial charge >= 0.3 is 0 Å². The smallest absolute Gasteiger partial charge is 0.281 e. The zero-order valence-corrected chi connectivity index (χ0v) is 15.7.